The van der Waals surface area contributed by atoms with Crippen LogP contribution in [0.4, 0.5) is 14.7 Å². The van der Waals surface area contributed by atoms with Crippen molar-refractivity contribution < 1.29 is 22.8 Å². The van der Waals surface area contributed by atoms with Crippen molar-refractivity contribution in [2.45, 2.75) is 13.0 Å². The maximum Gasteiger partial charge on any atom is 0.270 e. The predicted molar refractivity (Wildman–Crippen MR) is 84.8 cm³/mol. The fourth-order valence-electron chi connectivity index (χ4n) is 1.98. The first kappa shape index (κ1) is 16.6. The summed E-state index contributed by atoms with van der Waals surface area (Å²) in [5.41, 5.74) is 0.505. The average molecular weight is 345 g/mol. The van der Waals surface area contributed by atoms with Gasteiger partial charge in [-0.3, -0.25) is 10.1 Å². The summed E-state index contributed by atoms with van der Waals surface area (Å²) < 4.78 is 36.7. The summed E-state index contributed by atoms with van der Waals surface area (Å²) in [5.74, 6) is -1.53. The van der Waals surface area contributed by atoms with Crippen LogP contribution in [0.1, 0.15) is 6.92 Å². The average Bonchev–Trinajstić information content (AvgIpc) is 3.06. The summed E-state index contributed by atoms with van der Waals surface area (Å²) in [6.45, 7) is 1.46. The molecule has 1 atom stereocenters. The van der Waals surface area contributed by atoms with Gasteiger partial charge in [-0.05, 0) is 48.5 Å². The lowest BCUT2D eigenvalue weighted by atomic mass is 10.2. The highest BCUT2D eigenvalue weighted by Gasteiger charge is 2.19. The molecule has 1 aromatic heterocycles. The molecule has 25 heavy (non-hydrogen) atoms. The molecule has 2 aromatic carbocycles. The largest absolute Gasteiger partial charge is 0.478 e. The number of nitrogens with zero attached hydrogens (tertiary/aromatic N) is 2. The van der Waals surface area contributed by atoms with Crippen molar-refractivity contribution in [2.75, 3.05) is 5.32 Å². The van der Waals surface area contributed by atoms with E-state index in [0.29, 0.717) is 5.56 Å². The van der Waals surface area contributed by atoms with E-state index in [9.17, 15) is 13.6 Å². The van der Waals surface area contributed by atoms with E-state index >= 15 is 0 Å². The van der Waals surface area contributed by atoms with E-state index in [1.54, 1.807) is 6.07 Å². The number of halogens is 2. The van der Waals surface area contributed by atoms with Gasteiger partial charge in [-0.1, -0.05) is 12.1 Å². The van der Waals surface area contributed by atoms with Crippen molar-refractivity contribution in [2.24, 2.45) is 0 Å². The van der Waals surface area contributed by atoms with Crippen molar-refractivity contribution in [3.63, 3.8) is 0 Å². The van der Waals surface area contributed by atoms with Crippen LogP contribution in [0.5, 0.6) is 5.75 Å². The van der Waals surface area contributed by atoms with Crippen LogP contribution in [0, 0.1) is 11.6 Å². The van der Waals surface area contributed by atoms with E-state index in [4.69, 9.17) is 9.26 Å². The highest BCUT2D eigenvalue weighted by Crippen LogP contribution is 2.20. The number of anilines is 1. The smallest absolute Gasteiger partial charge is 0.270 e. The number of aromatic nitrogens is 2. The Labute approximate surface area is 141 Å². The molecule has 0 aliphatic heterocycles. The second-order valence-electron chi connectivity index (χ2n) is 5.11. The molecule has 1 amide bonds. The van der Waals surface area contributed by atoms with Crippen LogP contribution in [0.3, 0.4) is 0 Å². The van der Waals surface area contributed by atoms with Crippen LogP contribution in [0.2, 0.25) is 0 Å². The van der Waals surface area contributed by atoms with E-state index in [-0.39, 0.29) is 17.6 Å². The molecule has 3 aromatic rings. The third-order valence-electron chi connectivity index (χ3n) is 3.26. The molecule has 3 rings (SSSR count). The van der Waals surface area contributed by atoms with Gasteiger partial charge in [0.25, 0.3) is 17.7 Å². The minimum absolute atomic E-state index is 0.0368. The number of benzene rings is 2. The summed E-state index contributed by atoms with van der Waals surface area (Å²) in [4.78, 5) is 16.1. The Balaban J connectivity index is 1.65. The van der Waals surface area contributed by atoms with Crippen molar-refractivity contribution in [1.29, 1.82) is 0 Å². The number of hydrogen-bond acceptors (Lipinski definition) is 5. The van der Waals surface area contributed by atoms with Gasteiger partial charge in [-0.2, -0.15) is 4.98 Å². The predicted octanol–water partition coefficient (Wildman–Crippen LogP) is 3.42. The van der Waals surface area contributed by atoms with Crippen molar-refractivity contribution in [1.82, 2.24) is 10.1 Å². The number of ether oxygens (including phenoxy) is 1. The Morgan fingerprint density at radius 3 is 2.60 bits per heavy atom. The molecule has 0 unspecified atom stereocenters. The molecular formula is C17H13F2N3O3. The van der Waals surface area contributed by atoms with Crippen LogP contribution in [-0.4, -0.2) is 22.2 Å². The molecule has 0 radical (unpaired) electrons. The zero-order valence-corrected chi connectivity index (χ0v) is 13.1. The molecule has 128 valence electrons. The molecule has 0 fully saturated rings. The molecule has 6 nitrogen and oxygen atoms in total. The number of para-hydroxylation sites is 1. The lowest BCUT2D eigenvalue weighted by Crippen LogP contribution is -2.30. The molecule has 0 bridgehead atoms. The maximum absolute atomic E-state index is 13.5. The Hall–Kier alpha value is -3.29. The van der Waals surface area contributed by atoms with Gasteiger partial charge < -0.3 is 9.26 Å². The van der Waals surface area contributed by atoms with Crippen LogP contribution in [0.15, 0.2) is 53.1 Å². The second-order valence-corrected chi connectivity index (χ2v) is 5.11. The topological polar surface area (TPSA) is 77.2 Å². The molecule has 1 heterocycles. The van der Waals surface area contributed by atoms with Gasteiger partial charge in [0.1, 0.15) is 5.82 Å². The van der Waals surface area contributed by atoms with E-state index in [2.05, 4.69) is 15.5 Å². The van der Waals surface area contributed by atoms with E-state index in [0.717, 1.165) is 0 Å². The SMILES string of the molecule is C[C@@H](Oc1ccccc1F)C(=O)Nc1noc(-c2ccc(F)cc2)n1. The fraction of sp³-hybridized carbons (Fsp3) is 0.118. The lowest BCUT2D eigenvalue weighted by molar-refractivity contribution is -0.122. The molecule has 0 saturated heterocycles. The third-order valence-corrected chi connectivity index (χ3v) is 3.26. The Bertz CT molecular complexity index is 881. The lowest BCUT2D eigenvalue weighted by Gasteiger charge is -2.13. The minimum atomic E-state index is -0.982. The summed E-state index contributed by atoms with van der Waals surface area (Å²) in [7, 11) is 0. The maximum atomic E-state index is 13.5. The first-order valence-corrected chi connectivity index (χ1v) is 7.34. The van der Waals surface area contributed by atoms with E-state index in [1.807, 2.05) is 0 Å². The van der Waals surface area contributed by atoms with Gasteiger partial charge in [0.05, 0.1) is 0 Å². The molecule has 0 saturated carbocycles. The molecule has 0 aliphatic rings. The molecule has 8 heteroatoms. The zero-order chi connectivity index (χ0) is 17.8. The summed E-state index contributed by atoms with van der Waals surface area (Å²) in [5, 5.41) is 6.03. The molecule has 1 N–H and O–H groups in total. The summed E-state index contributed by atoms with van der Waals surface area (Å²) in [6, 6.07) is 11.2. The van der Waals surface area contributed by atoms with Gasteiger partial charge >= 0.3 is 0 Å². The second kappa shape index (κ2) is 7.08. The van der Waals surface area contributed by atoms with Crippen molar-refractivity contribution in [3.8, 4) is 17.2 Å². The summed E-state index contributed by atoms with van der Waals surface area (Å²) >= 11 is 0. The minimum Gasteiger partial charge on any atom is -0.478 e. The highest BCUT2D eigenvalue weighted by molar-refractivity contribution is 5.92. The first-order chi connectivity index (χ1) is 12.0. The molecule has 0 aliphatic carbocycles. The highest BCUT2D eigenvalue weighted by atomic mass is 19.1. The quantitative estimate of drug-likeness (QED) is 0.767. The number of nitrogens with one attached hydrogen (secondary N) is 1. The molecular weight excluding hydrogens is 332 g/mol. The van der Waals surface area contributed by atoms with Crippen molar-refractivity contribution in [3.05, 3.63) is 60.2 Å². The summed E-state index contributed by atoms with van der Waals surface area (Å²) in [6.07, 6.45) is -0.982. The Morgan fingerprint density at radius 2 is 1.88 bits per heavy atom. The Kier molecular flexibility index (Phi) is 4.69. The fourth-order valence-corrected chi connectivity index (χ4v) is 1.98. The monoisotopic (exact) mass is 345 g/mol. The van der Waals surface area contributed by atoms with Gasteiger partial charge in [-0.15, -0.1) is 0 Å². The number of hydrogen-bond donors (Lipinski definition) is 1. The zero-order valence-electron chi connectivity index (χ0n) is 13.1. The molecule has 0 spiro atoms. The van der Waals surface area contributed by atoms with Gasteiger partial charge in [0.2, 0.25) is 0 Å². The van der Waals surface area contributed by atoms with Gasteiger partial charge in [-0.25, -0.2) is 8.78 Å². The van der Waals surface area contributed by atoms with E-state index < -0.39 is 23.6 Å². The Morgan fingerprint density at radius 1 is 1.16 bits per heavy atom. The first-order valence-electron chi connectivity index (χ1n) is 7.34. The van der Waals surface area contributed by atoms with Crippen LogP contribution >= 0.6 is 0 Å². The van der Waals surface area contributed by atoms with E-state index in [1.165, 1.54) is 49.4 Å². The van der Waals surface area contributed by atoms with Crippen LogP contribution < -0.4 is 10.1 Å². The standard InChI is InChI=1S/C17H13F2N3O3/c1-10(24-14-5-3-2-4-13(14)19)15(23)20-17-21-16(25-22-17)11-6-8-12(18)9-7-11/h2-10H,1H3,(H,20,22,23)/t10-/m1/s1. The number of carbonyl (C=O) groups excluding carboxylic acids is 1. The van der Waals surface area contributed by atoms with Crippen LogP contribution in [-0.2, 0) is 4.79 Å². The number of amides is 1. The van der Waals surface area contributed by atoms with Crippen LogP contribution in [0.25, 0.3) is 11.5 Å². The van der Waals surface area contributed by atoms with Gasteiger partial charge in [0.15, 0.2) is 17.7 Å². The number of carbonyl (C=O) groups is 1. The van der Waals surface area contributed by atoms with Crippen molar-refractivity contribution >= 4 is 11.9 Å². The normalized spacial score (nSPS) is 11.8. The number of rotatable bonds is 5. The van der Waals surface area contributed by atoms with Gasteiger partial charge in [0, 0.05) is 5.56 Å². The third kappa shape index (κ3) is 3.97.